The molecule has 0 aliphatic carbocycles. The Balaban J connectivity index is 1.95. The molecule has 0 aromatic carbocycles. The second kappa shape index (κ2) is 24.0. The lowest BCUT2D eigenvalue weighted by molar-refractivity contribution is -0.305. The van der Waals surface area contributed by atoms with Gasteiger partial charge in [0.05, 0.1) is 44.7 Å². The van der Waals surface area contributed by atoms with Crippen LogP contribution in [-0.2, 0) is 33.2 Å². The van der Waals surface area contributed by atoms with E-state index in [1.54, 1.807) is 14.2 Å². The third-order valence-electron chi connectivity index (χ3n) is 10.1. The number of azide groups is 1. The molecule has 2 saturated heterocycles. The van der Waals surface area contributed by atoms with E-state index in [0.717, 1.165) is 77.4 Å². The molecule has 1 N–H and O–H groups in total. The monoisotopic (exact) mass is 724 g/mol. The molecule has 0 saturated carbocycles. The van der Waals surface area contributed by atoms with Gasteiger partial charge in [0, 0.05) is 50.4 Å². The van der Waals surface area contributed by atoms with Crippen molar-refractivity contribution in [3.8, 4) is 0 Å². The van der Waals surface area contributed by atoms with Gasteiger partial charge < -0.3 is 38.3 Å². The van der Waals surface area contributed by atoms with Gasteiger partial charge in [-0.15, -0.1) is 0 Å². The molecule has 2 aliphatic heterocycles. The molecule has 2 aliphatic rings. The summed E-state index contributed by atoms with van der Waals surface area (Å²) in [4.78, 5) is 2.89. The van der Waals surface area contributed by atoms with Crippen LogP contribution in [0.15, 0.2) is 28.9 Å². The fraction of sp³-hybridized carbons (Fsp3) is 0.900. The highest BCUT2D eigenvalue weighted by atomic mass is 16.8. The van der Waals surface area contributed by atoms with Crippen molar-refractivity contribution >= 4 is 0 Å². The van der Waals surface area contributed by atoms with Crippen molar-refractivity contribution in [3.63, 3.8) is 0 Å². The molecule has 0 aromatic heterocycles. The number of aliphatic hydroxyl groups is 1. The van der Waals surface area contributed by atoms with E-state index in [1.807, 2.05) is 13.8 Å². The Hall–Kier alpha value is -1.53. The van der Waals surface area contributed by atoms with Crippen LogP contribution in [0.1, 0.15) is 126 Å². The van der Waals surface area contributed by atoms with Crippen LogP contribution in [0.25, 0.3) is 10.4 Å². The van der Waals surface area contributed by atoms with Gasteiger partial charge in [-0.25, -0.2) is 0 Å². The first kappa shape index (κ1) is 45.6. The molecule has 296 valence electrons. The summed E-state index contributed by atoms with van der Waals surface area (Å²) < 4.78 is 42.0. The molecule has 0 unspecified atom stereocenters. The Morgan fingerprint density at radius 2 is 1.69 bits per heavy atom. The van der Waals surface area contributed by atoms with E-state index in [9.17, 15) is 5.11 Å². The molecule has 0 bridgehead atoms. The second-order valence-electron chi connectivity index (χ2n) is 16.3. The first-order valence-electron chi connectivity index (χ1n) is 19.5. The third kappa shape index (κ3) is 18.4. The van der Waals surface area contributed by atoms with E-state index in [0.29, 0.717) is 30.8 Å². The van der Waals surface area contributed by atoms with E-state index in [1.165, 1.54) is 12.0 Å². The van der Waals surface area contributed by atoms with Crippen molar-refractivity contribution in [1.82, 2.24) is 0 Å². The highest BCUT2D eigenvalue weighted by Gasteiger charge is 2.42. The van der Waals surface area contributed by atoms with Gasteiger partial charge in [-0.1, -0.05) is 70.8 Å². The Labute approximate surface area is 309 Å². The number of unbranched alkanes of at least 4 members (excludes halogenated alkanes) is 1. The number of hydrogen-bond acceptors (Lipinski definition) is 9. The Kier molecular flexibility index (Phi) is 21.5. The molecule has 51 heavy (non-hydrogen) atoms. The zero-order valence-electron chi connectivity index (χ0n) is 33.6. The Bertz CT molecular complexity index is 1050. The van der Waals surface area contributed by atoms with Crippen LogP contribution in [0.2, 0.25) is 0 Å². The average Bonchev–Trinajstić information content (AvgIpc) is 3.39. The minimum Gasteiger partial charge on any atom is -0.396 e. The maximum absolute atomic E-state index is 9.41. The molecule has 6 atom stereocenters. The third-order valence-corrected chi connectivity index (χ3v) is 10.1. The number of ether oxygens (including phenoxy) is 7. The van der Waals surface area contributed by atoms with Crippen LogP contribution < -0.4 is 0 Å². The SMILES string of the molecule is CC[C@@H](/C=C/C=C(/CC[C@H]1OC(C)(C)O[C@H]1C[C@@H](CN=[N+]=[N-])OCOC)COC)CCCC1(CCCC[C@@H](C)C[C@H](C)CO)OCC(C)(C)CO1. The number of rotatable bonds is 27. The topological polar surface area (TPSA) is 134 Å². The number of nitrogens with zero attached hydrogens (tertiary/aromatic N) is 3. The highest BCUT2D eigenvalue weighted by molar-refractivity contribution is 5.14. The molecule has 2 fully saturated rings. The van der Waals surface area contributed by atoms with E-state index in [2.05, 4.69) is 62.9 Å². The summed E-state index contributed by atoms with van der Waals surface area (Å²) in [5, 5.41) is 13.1. The van der Waals surface area contributed by atoms with Crippen LogP contribution >= 0.6 is 0 Å². The molecule has 2 heterocycles. The number of hydrogen-bond donors (Lipinski definition) is 1. The molecule has 0 amide bonds. The van der Waals surface area contributed by atoms with Gasteiger partial charge in [-0.05, 0) is 87.7 Å². The molecule has 0 spiro atoms. The van der Waals surface area contributed by atoms with Gasteiger partial charge in [-0.3, -0.25) is 0 Å². The normalized spacial score (nSPS) is 23.9. The van der Waals surface area contributed by atoms with Gasteiger partial charge in [0.1, 0.15) is 6.79 Å². The minimum atomic E-state index is -0.709. The summed E-state index contributed by atoms with van der Waals surface area (Å²) in [6.07, 6.45) is 17.7. The number of aliphatic hydroxyl groups excluding tert-OH is 1. The largest absolute Gasteiger partial charge is 0.396 e. The maximum Gasteiger partial charge on any atom is 0.168 e. The zero-order valence-corrected chi connectivity index (χ0v) is 33.6. The lowest BCUT2D eigenvalue weighted by Crippen LogP contribution is -2.47. The first-order chi connectivity index (χ1) is 24.3. The summed E-state index contributed by atoms with van der Waals surface area (Å²) >= 11 is 0. The fourth-order valence-corrected chi connectivity index (χ4v) is 7.15. The standard InChI is InChI=1S/C40H73N3O8/c1-10-33(18-14-22-40(48-28-38(4,5)29-49-40)21-12-11-15-31(2)23-32(3)26-44)16-13-17-34(27-45-8)19-20-36-37(51-39(6,7)50-36)24-35(25-42-43-41)47-30-46-9/h13,16-17,31-33,35-37,44H,10-12,14-15,18-30H2,1-9H3/b16-13+,34-17-/t31-,32+,33+,35+,36-,37+/m1/s1. The van der Waals surface area contributed by atoms with Crippen molar-refractivity contribution in [2.24, 2.45) is 28.3 Å². The number of methoxy groups -OCH3 is 2. The lowest BCUT2D eigenvalue weighted by atomic mass is 9.89. The Morgan fingerprint density at radius 1 is 0.980 bits per heavy atom. The quantitative estimate of drug-likeness (QED) is 0.0221. The molecular weight excluding hydrogens is 650 g/mol. The van der Waals surface area contributed by atoms with Gasteiger partial charge in [0.25, 0.3) is 0 Å². The van der Waals surface area contributed by atoms with Crippen molar-refractivity contribution in [3.05, 3.63) is 34.2 Å². The molecule has 11 nitrogen and oxygen atoms in total. The van der Waals surface area contributed by atoms with Crippen molar-refractivity contribution in [1.29, 1.82) is 0 Å². The van der Waals surface area contributed by atoms with Crippen LogP contribution in [0.3, 0.4) is 0 Å². The first-order valence-corrected chi connectivity index (χ1v) is 19.5. The van der Waals surface area contributed by atoms with E-state index in [4.69, 9.17) is 38.7 Å². The average molecular weight is 724 g/mol. The molecule has 0 aromatic rings. The van der Waals surface area contributed by atoms with Crippen molar-refractivity contribution in [2.45, 2.75) is 155 Å². The summed E-state index contributed by atoms with van der Waals surface area (Å²) in [6.45, 7) is 17.6. The second-order valence-corrected chi connectivity index (χ2v) is 16.3. The highest BCUT2D eigenvalue weighted by Crippen LogP contribution is 2.38. The lowest BCUT2D eigenvalue weighted by Gasteiger charge is -2.44. The summed E-state index contributed by atoms with van der Waals surface area (Å²) in [5.41, 5.74) is 10.1. The zero-order chi connectivity index (χ0) is 37.8. The summed E-state index contributed by atoms with van der Waals surface area (Å²) in [7, 11) is 3.29. The van der Waals surface area contributed by atoms with Crippen LogP contribution in [0.5, 0.6) is 0 Å². The van der Waals surface area contributed by atoms with Gasteiger partial charge >= 0.3 is 0 Å². The maximum atomic E-state index is 9.41. The molecule has 11 heteroatoms. The van der Waals surface area contributed by atoms with Gasteiger partial charge in [-0.2, -0.15) is 0 Å². The summed E-state index contributed by atoms with van der Waals surface area (Å²) in [5.74, 6) is 0.262. The predicted molar refractivity (Wildman–Crippen MR) is 202 cm³/mol. The van der Waals surface area contributed by atoms with E-state index in [-0.39, 0.29) is 43.7 Å². The van der Waals surface area contributed by atoms with Crippen LogP contribution in [0, 0.1) is 23.2 Å². The van der Waals surface area contributed by atoms with E-state index >= 15 is 0 Å². The van der Waals surface area contributed by atoms with Gasteiger partial charge in [0.2, 0.25) is 0 Å². The van der Waals surface area contributed by atoms with Gasteiger partial charge in [0.15, 0.2) is 11.6 Å². The molecule has 2 rings (SSSR count). The Morgan fingerprint density at radius 3 is 2.33 bits per heavy atom. The van der Waals surface area contributed by atoms with Crippen LogP contribution in [-0.4, -0.2) is 89.0 Å². The predicted octanol–water partition coefficient (Wildman–Crippen LogP) is 9.29. The summed E-state index contributed by atoms with van der Waals surface area (Å²) in [6, 6.07) is 0. The fourth-order valence-electron chi connectivity index (χ4n) is 7.15. The molecule has 0 radical (unpaired) electrons. The number of allylic oxidation sites excluding steroid dienone is 3. The smallest absolute Gasteiger partial charge is 0.168 e. The van der Waals surface area contributed by atoms with Crippen LogP contribution in [0.4, 0.5) is 0 Å². The van der Waals surface area contributed by atoms with Crippen molar-refractivity contribution in [2.75, 3.05) is 54.0 Å². The van der Waals surface area contributed by atoms with E-state index < -0.39 is 11.6 Å². The van der Waals surface area contributed by atoms with Crippen molar-refractivity contribution < 1.29 is 38.3 Å². The molecular formula is C40H73N3O8. The minimum absolute atomic E-state index is 0.0431.